The van der Waals surface area contributed by atoms with Crippen LogP contribution in [-0.4, -0.2) is 43.4 Å². The van der Waals surface area contributed by atoms with Crippen LogP contribution in [-0.2, 0) is 9.59 Å². The van der Waals surface area contributed by atoms with Gasteiger partial charge in [-0.15, -0.1) is 0 Å². The highest BCUT2D eigenvalue weighted by Crippen LogP contribution is 2.29. The third-order valence-electron chi connectivity index (χ3n) is 2.78. The Hall–Kier alpha value is -1.10. The second kappa shape index (κ2) is 3.96. The second-order valence-electron chi connectivity index (χ2n) is 3.91. The quantitative estimate of drug-likeness (QED) is 0.594. The van der Waals surface area contributed by atoms with Crippen LogP contribution < -0.4 is 11.1 Å². The Labute approximate surface area is 83.6 Å². The number of carbonyl (C=O) groups excluding carboxylic acids is 2. The molecule has 1 heterocycles. The fourth-order valence-corrected chi connectivity index (χ4v) is 1.79. The molecule has 1 saturated heterocycles. The van der Waals surface area contributed by atoms with E-state index in [-0.39, 0.29) is 18.4 Å². The van der Waals surface area contributed by atoms with E-state index in [4.69, 9.17) is 5.73 Å². The van der Waals surface area contributed by atoms with E-state index in [0.29, 0.717) is 19.5 Å². The van der Waals surface area contributed by atoms with Gasteiger partial charge in [-0.1, -0.05) is 0 Å². The number of carbonyl (C=O) groups is 2. The van der Waals surface area contributed by atoms with Gasteiger partial charge in [-0.2, -0.15) is 0 Å². The summed E-state index contributed by atoms with van der Waals surface area (Å²) in [6, 6.07) is 0. The van der Waals surface area contributed by atoms with Crippen molar-refractivity contribution >= 4 is 11.8 Å². The summed E-state index contributed by atoms with van der Waals surface area (Å²) in [4.78, 5) is 24.4. The van der Waals surface area contributed by atoms with Gasteiger partial charge in [0, 0.05) is 20.1 Å². The summed E-state index contributed by atoms with van der Waals surface area (Å²) in [6.07, 6.45) is 0.707. The van der Waals surface area contributed by atoms with Gasteiger partial charge in [0.15, 0.2) is 0 Å². The molecule has 1 rings (SSSR count). The first-order chi connectivity index (χ1) is 6.53. The van der Waals surface area contributed by atoms with Gasteiger partial charge in [0.1, 0.15) is 0 Å². The summed E-state index contributed by atoms with van der Waals surface area (Å²) in [6.45, 7) is 2.99. The molecule has 5 heteroatoms. The van der Waals surface area contributed by atoms with Gasteiger partial charge >= 0.3 is 0 Å². The van der Waals surface area contributed by atoms with E-state index < -0.39 is 5.41 Å². The first-order valence-corrected chi connectivity index (χ1v) is 4.73. The lowest BCUT2D eigenvalue weighted by atomic mass is 9.89. The highest BCUT2D eigenvalue weighted by Gasteiger charge is 2.40. The minimum absolute atomic E-state index is 0.00942. The minimum Gasteiger partial charge on any atom is -0.359 e. The van der Waals surface area contributed by atoms with Crippen molar-refractivity contribution in [3.8, 4) is 0 Å². The molecule has 80 valence electrons. The molecule has 3 N–H and O–H groups in total. The van der Waals surface area contributed by atoms with Crippen molar-refractivity contribution in [2.24, 2.45) is 11.1 Å². The zero-order chi connectivity index (χ0) is 10.8. The highest BCUT2D eigenvalue weighted by molar-refractivity contribution is 5.85. The van der Waals surface area contributed by atoms with Gasteiger partial charge in [0.2, 0.25) is 11.8 Å². The second-order valence-corrected chi connectivity index (χ2v) is 3.91. The van der Waals surface area contributed by atoms with E-state index in [1.165, 1.54) is 0 Å². The predicted molar refractivity (Wildman–Crippen MR) is 52.4 cm³/mol. The van der Waals surface area contributed by atoms with Crippen molar-refractivity contribution in [3.05, 3.63) is 0 Å². The smallest absolute Gasteiger partial charge is 0.236 e. The molecule has 14 heavy (non-hydrogen) atoms. The lowest BCUT2D eigenvalue weighted by Gasteiger charge is -2.22. The molecule has 0 saturated carbocycles. The molecule has 5 nitrogen and oxygen atoms in total. The first-order valence-electron chi connectivity index (χ1n) is 4.73. The molecule has 2 amide bonds. The number of likely N-dealkylation sites (tertiary alicyclic amines) is 1. The number of hydrogen-bond acceptors (Lipinski definition) is 3. The standard InChI is InChI=1S/C9H17N3O2/c1-9(8(14)11-2)3-4-12(6-9)7(13)5-10/h3-6,10H2,1-2H3,(H,11,14). The van der Waals surface area contributed by atoms with Crippen LogP contribution in [0, 0.1) is 5.41 Å². The van der Waals surface area contributed by atoms with Crippen molar-refractivity contribution in [2.75, 3.05) is 26.7 Å². The average molecular weight is 199 g/mol. The van der Waals surface area contributed by atoms with Crippen molar-refractivity contribution in [1.29, 1.82) is 0 Å². The summed E-state index contributed by atoms with van der Waals surface area (Å²) < 4.78 is 0. The zero-order valence-electron chi connectivity index (χ0n) is 8.67. The van der Waals surface area contributed by atoms with Crippen LogP contribution in [0.3, 0.4) is 0 Å². The largest absolute Gasteiger partial charge is 0.359 e. The summed E-state index contributed by atoms with van der Waals surface area (Å²) in [5.41, 5.74) is 4.81. The summed E-state index contributed by atoms with van der Waals surface area (Å²) in [5, 5.41) is 2.62. The topological polar surface area (TPSA) is 75.4 Å². The van der Waals surface area contributed by atoms with Crippen LogP contribution in [0.4, 0.5) is 0 Å². The fraction of sp³-hybridized carbons (Fsp3) is 0.778. The van der Waals surface area contributed by atoms with E-state index in [0.717, 1.165) is 0 Å². The third kappa shape index (κ3) is 1.87. The molecule has 1 fully saturated rings. The molecular weight excluding hydrogens is 182 g/mol. The van der Waals surface area contributed by atoms with E-state index >= 15 is 0 Å². The number of nitrogens with two attached hydrogens (primary N) is 1. The lowest BCUT2D eigenvalue weighted by Crippen LogP contribution is -2.41. The Bertz CT molecular complexity index is 254. The van der Waals surface area contributed by atoms with Crippen LogP contribution in [0.1, 0.15) is 13.3 Å². The normalized spacial score (nSPS) is 26.4. The van der Waals surface area contributed by atoms with Crippen molar-refractivity contribution < 1.29 is 9.59 Å². The maximum Gasteiger partial charge on any atom is 0.236 e. The Morgan fingerprint density at radius 1 is 1.57 bits per heavy atom. The van der Waals surface area contributed by atoms with Crippen molar-refractivity contribution in [2.45, 2.75) is 13.3 Å². The van der Waals surface area contributed by atoms with Gasteiger partial charge in [-0.3, -0.25) is 9.59 Å². The third-order valence-corrected chi connectivity index (χ3v) is 2.78. The molecule has 0 radical (unpaired) electrons. The Morgan fingerprint density at radius 2 is 2.21 bits per heavy atom. The van der Waals surface area contributed by atoms with Gasteiger partial charge < -0.3 is 16.0 Å². The van der Waals surface area contributed by atoms with Gasteiger partial charge in [0.05, 0.1) is 12.0 Å². The predicted octanol–water partition coefficient (Wildman–Crippen LogP) is -1.07. The molecule has 1 aliphatic heterocycles. The summed E-state index contributed by atoms with van der Waals surface area (Å²) in [5.74, 6) is -0.0950. The molecule has 0 bridgehead atoms. The number of amides is 2. The van der Waals surface area contributed by atoms with Gasteiger partial charge in [0.25, 0.3) is 0 Å². The summed E-state index contributed by atoms with van der Waals surface area (Å²) in [7, 11) is 1.61. The van der Waals surface area contributed by atoms with Crippen LogP contribution in [0.5, 0.6) is 0 Å². The van der Waals surface area contributed by atoms with E-state index in [1.54, 1.807) is 11.9 Å². The molecule has 0 spiro atoms. The lowest BCUT2D eigenvalue weighted by molar-refractivity contribution is -0.131. The maximum atomic E-state index is 11.5. The number of nitrogens with one attached hydrogen (secondary N) is 1. The SMILES string of the molecule is CNC(=O)C1(C)CCN(C(=O)CN)C1. The van der Waals surface area contributed by atoms with Crippen molar-refractivity contribution in [3.63, 3.8) is 0 Å². The van der Waals surface area contributed by atoms with Crippen LogP contribution in [0.15, 0.2) is 0 Å². The average Bonchev–Trinajstić information content (AvgIpc) is 2.60. The van der Waals surface area contributed by atoms with E-state index in [9.17, 15) is 9.59 Å². The molecular formula is C9H17N3O2. The molecule has 1 aliphatic rings. The molecule has 0 aliphatic carbocycles. The Kier molecular flexibility index (Phi) is 3.10. The van der Waals surface area contributed by atoms with Crippen LogP contribution in [0.2, 0.25) is 0 Å². The van der Waals surface area contributed by atoms with Crippen LogP contribution in [0.25, 0.3) is 0 Å². The molecule has 1 atom stereocenters. The minimum atomic E-state index is -0.445. The molecule has 1 unspecified atom stereocenters. The van der Waals surface area contributed by atoms with Crippen LogP contribution >= 0.6 is 0 Å². The van der Waals surface area contributed by atoms with Crippen molar-refractivity contribution in [1.82, 2.24) is 10.2 Å². The summed E-state index contributed by atoms with van der Waals surface area (Å²) >= 11 is 0. The van der Waals surface area contributed by atoms with Gasteiger partial charge in [-0.25, -0.2) is 0 Å². The molecule has 0 aromatic heterocycles. The number of rotatable bonds is 2. The highest BCUT2D eigenvalue weighted by atomic mass is 16.2. The Morgan fingerprint density at radius 3 is 2.71 bits per heavy atom. The number of hydrogen-bond donors (Lipinski definition) is 2. The van der Waals surface area contributed by atoms with E-state index in [1.807, 2.05) is 6.92 Å². The first kappa shape index (κ1) is 11.0. The van der Waals surface area contributed by atoms with Gasteiger partial charge in [-0.05, 0) is 13.3 Å². The fourth-order valence-electron chi connectivity index (χ4n) is 1.79. The zero-order valence-corrected chi connectivity index (χ0v) is 8.67. The molecule has 0 aromatic rings. The Balaban J connectivity index is 2.64. The van der Waals surface area contributed by atoms with E-state index in [2.05, 4.69) is 5.32 Å². The molecule has 0 aromatic carbocycles. The maximum absolute atomic E-state index is 11.5. The number of nitrogens with zero attached hydrogens (tertiary/aromatic N) is 1. The monoisotopic (exact) mass is 199 g/mol.